The van der Waals surface area contributed by atoms with Crippen molar-refractivity contribution >= 4 is 5.91 Å². The number of rotatable bonds is 7. The Morgan fingerprint density at radius 1 is 1.03 bits per heavy atom. The van der Waals surface area contributed by atoms with Crippen LogP contribution in [0.25, 0.3) is 0 Å². The average molecular weight is 445 g/mol. The standard InChI is InChI=1S/C24H29FN2O5/c25-20-3-7-22(8-4-20)31-18-24(15-23(29)27-10-12-30-13-11-27)17-26(9-14-32-24)16-19-1-5-21(28)6-2-19/h1-8,28H,9-18H2. The van der Waals surface area contributed by atoms with Crippen LogP contribution in [0.15, 0.2) is 48.5 Å². The average Bonchev–Trinajstić information content (AvgIpc) is 2.81. The Balaban J connectivity index is 1.47. The lowest BCUT2D eigenvalue weighted by molar-refractivity contribution is -0.159. The van der Waals surface area contributed by atoms with Gasteiger partial charge >= 0.3 is 0 Å². The van der Waals surface area contributed by atoms with Crippen molar-refractivity contribution in [2.24, 2.45) is 0 Å². The second kappa shape index (κ2) is 10.3. The third-order valence-electron chi connectivity index (χ3n) is 5.82. The molecule has 7 nitrogen and oxygen atoms in total. The molecule has 172 valence electrons. The topological polar surface area (TPSA) is 71.5 Å². The lowest BCUT2D eigenvalue weighted by atomic mass is 9.96. The zero-order valence-corrected chi connectivity index (χ0v) is 18.0. The lowest BCUT2D eigenvalue weighted by Crippen LogP contribution is -2.57. The molecule has 2 aromatic carbocycles. The van der Waals surface area contributed by atoms with Crippen LogP contribution in [0.5, 0.6) is 11.5 Å². The number of nitrogens with zero attached hydrogens (tertiary/aromatic N) is 2. The van der Waals surface area contributed by atoms with E-state index in [1.165, 1.54) is 12.1 Å². The third-order valence-corrected chi connectivity index (χ3v) is 5.82. The highest BCUT2D eigenvalue weighted by atomic mass is 19.1. The zero-order chi connectivity index (χ0) is 22.4. The summed E-state index contributed by atoms with van der Waals surface area (Å²) in [5.41, 5.74) is 0.247. The minimum Gasteiger partial charge on any atom is -0.508 e. The van der Waals surface area contributed by atoms with Crippen molar-refractivity contribution in [1.82, 2.24) is 9.80 Å². The highest BCUT2D eigenvalue weighted by Gasteiger charge is 2.41. The molecular formula is C24H29FN2O5. The van der Waals surface area contributed by atoms with Gasteiger partial charge in [0.15, 0.2) is 0 Å². The number of carbonyl (C=O) groups is 1. The fourth-order valence-corrected chi connectivity index (χ4v) is 4.11. The molecule has 0 bridgehead atoms. The van der Waals surface area contributed by atoms with Gasteiger partial charge in [0.25, 0.3) is 0 Å². The van der Waals surface area contributed by atoms with Gasteiger partial charge in [0, 0.05) is 32.7 Å². The second-order valence-corrected chi connectivity index (χ2v) is 8.32. The van der Waals surface area contributed by atoms with Gasteiger partial charge in [-0.1, -0.05) is 12.1 Å². The van der Waals surface area contributed by atoms with E-state index in [0.29, 0.717) is 51.7 Å². The predicted octanol–water partition coefficient (Wildman–Crippen LogP) is 2.43. The molecule has 0 aromatic heterocycles. The molecule has 2 aliphatic heterocycles. The van der Waals surface area contributed by atoms with Crippen molar-refractivity contribution in [3.8, 4) is 11.5 Å². The summed E-state index contributed by atoms with van der Waals surface area (Å²) < 4.78 is 30.8. The summed E-state index contributed by atoms with van der Waals surface area (Å²) in [4.78, 5) is 17.1. The third kappa shape index (κ3) is 5.97. The van der Waals surface area contributed by atoms with Gasteiger partial charge in [-0.3, -0.25) is 9.69 Å². The first-order valence-corrected chi connectivity index (χ1v) is 10.9. The number of carbonyl (C=O) groups excluding carboxylic acids is 1. The number of phenols is 1. The van der Waals surface area contributed by atoms with E-state index < -0.39 is 5.60 Å². The van der Waals surface area contributed by atoms with Crippen molar-refractivity contribution < 1.29 is 28.5 Å². The number of amides is 1. The second-order valence-electron chi connectivity index (χ2n) is 8.32. The number of phenolic OH excluding ortho intramolecular Hbond substituents is 1. The maximum absolute atomic E-state index is 13.3. The molecule has 2 fully saturated rings. The van der Waals surface area contributed by atoms with Crippen molar-refractivity contribution in [3.63, 3.8) is 0 Å². The van der Waals surface area contributed by atoms with Gasteiger partial charge in [0.1, 0.15) is 29.5 Å². The minimum absolute atomic E-state index is 0.0162. The number of aromatic hydroxyl groups is 1. The quantitative estimate of drug-likeness (QED) is 0.707. The Morgan fingerprint density at radius 2 is 1.75 bits per heavy atom. The van der Waals surface area contributed by atoms with Crippen LogP contribution < -0.4 is 4.74 Å². The Hall–Kier alpha value is -2.68. The molecule has 4 rings (SSSR count). The Labute approximate surface area is 187 Å². The van der Waals surface area contributed by atoms with Crippen LogP contribution >= 0.6 is 0 Å². The fraction of sp³-hybridized carbons (Fsp3) is 0.458. The van der Waals surface area contributed by atoms with Crippen molar-refractivity contribution in [2.75, 3.05) is 52.6 Å². The summed E-state index contributed by atoms with van der Waals surface area (Å²) >= 11 is 0. The van der Waals surface area contributed by atoms with Crippen molar-refractivity contribution in [3.05, 3.63) is 59.9 Å². The molecule has 0 saturated carbocycles. The molecule has 2 aromatic rings. The molecule has 2 saturated heterocycles. The number of benzene rings is 2. The number of ether oxygens (including phenoxy) is 3. The number of halogens is 1. The molecule has 0 aliphatic carbocycles. The molecule has 2 aliphatic rings. The monoisotopic (exact) mass is 444 g/mol. The van der Waals surface area contributed by atoms with E-state index in [9.17, 15) is 14.3 Å². The van der Waals surface area contributed by atoms with Gasteiger partial charge in [-0.2, -0.15) is 0 Å². The minimum atomic E-state index is -0.820. The van der Waals surface area contributed by atoms with Crippen LogP contribution in [0.1, 0.15) is 12.0 Å². The van der Waals surface area contributed by atoms with Gasteiger partial charge in [-0.15, -0.1) is 0 Å². The van der Waals surface area contributed by atoms with Crippen molar-refractivity contribution in [2.45, 2.75) is 18.6 Å². The maximum Gasteiger partial charge on any atom is 0.225 e. The first kappa shape index (κ1) is 22.5. The van der Waals surface area contributed by atoms with Crippen LogP contribution in [0.4, 0.5) is 4.39 Å². The molecule has 1 amide bonds. The summed E-state index contributed by atoms with van der Waals surface area (Å²) in [5, 5.41) is 9.54. The van der Waals surface area contributed by atoms with Crippen LogP contribution in [0.3, 0.4) is 0 Å². The summed E-state index contributed by atoms with van der Waals surface area (Å²) in [6, 6.07) is 13.0. The molecule has 0 radical (unpaired) electrons. The molecule has 32 heavy (non-hydrogen) atoms. The number of hydrogen-bond acceptors (Lipinski definition) is 6. The normalized spacial score (nSPS) is 22.0. The van der Waals surface area contributed by atoms with Gasteiger partial charge in [-0.05, 0) is 42.0 Å². The molecule has 1 unspecified atom stereocenters. The molecule has 2 heterocycles. The summed E-state index contributed by atoms with van der Waals surface area (Å²) in [6.45, 7) is 4.80. The molecule has 8 heteroatoms. The van der Waals surface area contributed by atoms with E-state index in [0.717, 1.165) is 12.1 Å². The summed E-state index contributed by atoms with van der Waals surface area (Å²) in [7, 11) is 0. The molecule has 1 N–H and O–H groups in total. The van der Waals surface area contributed by atoms with Gasteiger partial charge in [0.05, 0.1) is 26.2 Å². The highest BCUT2D eigenvalue weighted by molar-refractivity contribution is 5.77. The Bertz CT molecular complexity index is 886. The van der Waals surface area contributed by atoms with E-state index in [1.54, 1.807) is 24.3 Å². The van der Waals surface area contributed by atoms with E-state index in [-0.39, 0.29) is 30.5 Å². The fourth-order valence-electron chi connectivity index (χ4n) is 4.11. The van der Waals surface area contributed by atoms with Crippen LogP contribution in [0.2, 0.25) is 0 Å². The molecular weight excluding hydrogens is 415 g/mol. The van der Waals surface area contributed by atoms with E-state index >= 15 is 0 Å². The Morgan fingerprint density at radius 3 is 2.47 bits per heavy atom. The first-order chi connectivity index (χ1) is 15.5. The van der Waals surface area contributed by atoms with Crippen LogP contribution in [-0.4, -0.2) is 79.0 Å². The highest BCUT2D eigenvalue weighted by Crippen LogP contribution is 2.27. The Kier molecular flexibility index (Phi) is 7.24. The van der Waals surface area contributed by atoms with E-state index in [2.05, 4.69) is 4.90 Å². The first-order valence-electron chi connectivity index (χ1n) is 10.9. The number of morpholine rings is 2. The zero-order valence-electron chi connectivity index (χ0n) is 18.0. The molecule has 1 atom stereocenters. The summed E-state index contributed by atoms with van der Waals surface area (Å²) in [5.74, 6) is 0.448. The SMILES string of the molecule is O=C(CC1(COc2ccc(F)cc2)CN(Cc2ccc(O)cc2)CCO1)N1CCOCC1. The van der Waals surface area contributed by atoms with E-state index in [1.807, 2.05) is 17.0 Å². The lowest BCUT2D eigenvalue weighted by Gasteiger charge is -2.43. The largest absolute Gasteiger partial charge is 0.508 e. The predicted molar refractivity (Wildman–Crippen MR) is 116 cm³/mol. The van der Waals surface area contributed by atoms with Gasteiger partial charge < -0.3 is 24.2 Å². The van der Waals surface area contributed by atoms with Crippen LogP contribution in [-0.2, 0) is 20.8 Å². The number of hydrogen-bond donors (Lipinski definition) is 1. The smallest absolute Gasteiger partial charge is 0.225 e. The molecule has 0 spiro atoms. The summed E-state index contributed by atoms with van der Waals surface area (Å²) in [6.07, 6.45) is 0.195. The van der Waals surface area contributed by atoms with E-state index in [4.69, 9.17) is 14.2 Å². The maximum atomic E-state index is 13.3. The van der Waals surface area contributed by atoms with Crippen LogP contribution in [0, 0.1) is 5.82 Å². The van der Waals surface area contributed by atoms with Crippen molar-refractivity contribution in [1.29, 1.82) is 0 Å². The van der Waals surface area contributed by atoms with Gasteiger partial charge in [0.2, 0.25) is 5.91 Å². The van der Waals surface area contributed by atoms with Gasteiger partial charge in [-0.25, -0.2) is 4.39 Å².